The fourth-order valence-corrected chi connectivity index (χ4v) is 4.89. The van der Waals surface area contributed by atoms with Gasteiger partial charge in [-0.25, -0.2) is 4.68 Å². The molecule has 1 aromatic heterocycles. The first kappa shape index (κ1) is 24.1. The highest BCUT2D eigenvalue weighted by atomic mass is 35.5. The van der Waals surface area contributed by atoms with E-state index in [1.165, 1.54) is 0 Å². The number of benzene rings is 2. The van der Waals surface area contributed by atoms with Crippen molar-refractivity contribution in [2.24, 2.45) is 5.41 Å². The topological polar surface area (TPSA) is 50.5 Å². The third kappa shape index (κ3) is 5.72. The van der Waals surface area contributed by atoms with Crippen LogP contribution in [0.5, 0.6) is 5.75 Å². The minimum atomic E-state index is -0.740. The van der Waals surface area contributed by atoms with Gasteiger partial charge in [-0.2, -0.15) is 5.10 Å². The molecule has 0 aliphatic carbocycles. The zero-order chi connectivity index (χ0) is 23.5. The molecule has 2 aromatic carbocycles. The van der Waals surface area contributed by atoms with Crippen LogP contribution in [0.15, 0.2) is 60.9 Å². The normalized spacial score (nSPS) is 20.6. The number of rotatable bonds is 8. The number of ether oxygens (including phenoxy) is 1. The molecule has 4 rings (SSSR count). The Hall–Kier alpha value is -2.05. The molecule has 1 fully saturated rings. The fourth-order valence-electron chi connectivity index (χ4n) is 4.60. The van der Waals surface area contributed by atoms with Crippen LogP contribution >= 0.6 is 23.2 Å². The van der Waals surface area contributed by atoms with Gasteiger partial charge in [0.25, 0.3) is 0 Å². The maximum absolute atomic E-state index is 11.5. The van der Waals surface area contributed by atoms with Gasteiger partial charge >= 0.3 is 0 Å². The smallest absolute Gasteiger partial charge is 0.145 e. The van der Waals surface area contributed by atoms with Gasteiger partial charge in [0.1, 0.15) is 11.4 Å². The second-order valence-corrected chi connectivity index (χ2v) is 10.4. The maximum atomic E-state index is 11.5. The summed E-state index contributed by atoms with van der Waals surface area (Å²) in [5, 5.41) is 17.2. The second-order valence-electron chi connectivity index (χ2n) is 9.51. The summed E-state index contributed by atoms with van der Waals surface area (Å²) < 4.78 is 7.84. The Labute approximate surface area is 205 Å². The van der Waals surface area contributed by atoms with E-state index in [0.29, 0.717) is 18.1 Å². The van der Waals surface area contributed by atoms with E-state index in [-0.39, 0.29) is 5.41 Å². The molecule has 2 heterocycles. The molecule has 176 valence electrons. The van der Waals surface area contributed by atoms with Crippen molar-refractivity contribution in [1.82, 2.24) is 14.7 Å². The summed E-state index contributed by atoms with van der Waals surface area (Å²) in [6, 6.07) is 15.2. The molecule has 1 unspecified atom stereocenters. The molecule has 3 aromatic rings. The number of hydrogen-bond acceptors (Lipinski definition) is 4. The van der Waals surface area contributed by atoms with E-state index in [0.717, 1.165) is 54.5 Å². The van der Waals surface area contributed by atoms with Crippen molar-refractivity contribution in [2.75, 3.05) is 26.2 Å². The molecule has 5 nitrogen and oxygen atoms in total. The van der Waals surface area contributed by atoms with Gasteiger partial charge in [0.2, 0.25) is 0 Å². The molecule has 1 saturated heterocycles. The fraction of sp³-hybridized carbons (Fsp3) is 0.423. The average Bonchev–Trinajstić information content (AvgIpc) is 3.31. The SMILES string of the molecule is CC1(C)CN(CCCOc2ccc(Cl)cc2-n2cccn2)CCC1(O)Cc1ccc(Cl)cc1. The molecule has 0 bridgehead atoms. The molecular formula is C26H31Cl2N3O2. The summed E-state index contributed by atoms with van der Waals surface area (Å²) >= 11 is 12.2. The quantitative estimate of drug-likeness (QED) is 0.416. The van der Waals surface area contributed by atoms with Crippen molar-refractivity contribution >= 4 is 23.2 Å². The van der Waals surface area contributed by atoms with Crippen LogP contribution in [0.4, 0.5) is 0 Å². The van der Waals surface area contributed by atoms with Gasteiger partial charge in [0, 0.05) is 53.9 Å². The molecule has 1 aliphatic rings. The number of nitrogens with zero attached hydrogens (tertiary/aromatic N) is 3. The van der Waals surface area contributed by atoms with Crippen LogP contribution in [0.25, 0.3) is 5.69 Å². The van der Waals surface area contributed by atoms with E-state index < -0.39 is 5.60 Å². The molecule has 1 N–H and O–H groups in total. The lowest BCUT2D eigenvalue weighted by molar-refractivity contribution is -0.118. The zero-order valence-electron chi connectivity index (χ0n) is 19.2. The monoisotopic (exact) mass is 487 g/mol. The summed E-state index contributed by atoms with van der Waals surface area (Å²) in [5.41, 5.74) is 0.983. The Balaban J connectivity index is 1.30. The Kier molecular flexibility index (Phi) is 7.34. The minimum absolute atomic E-state index is 0.227. The number of piperidine rings is 1. The van der Waals surface area contributed by atoms with Crippen molar-refractivity contribution in [1.29, 1.82) is 0 Å². The highest BCUT2D eigenvalue weighted by molar-refractivity contribution is 6.31. The highest BCUT2D eigenvalue weighted by Crippen LogP contribution is 2.41. The van der Waals surface area contributed by atoms with Gasteiger partial charge in [-0.15, -0.1) is 0 Å². The predicted octanol–water partition coefficient (Wildman–Crippen LogP) is 5.65. The Morgan fingerprint density at radius 3 is 2.55 bits per heavy atom. The van der Waals surface area contributed by atoms with E-state index >= 15 is 0 Å². The molecule has 1 atom stereocenters. The lowest BCUT2D eigenvalue weighted by atomic mass is 9.67. The van der Waals surface area contributed by atoms with Crippen LogP contribution in [0.2, 0.25) is 10.0 Å². The van der Waals surface area contributed by atoms with Crippen molar-refractivity contribution < 1.29 is 9.84 Å². The molecule has 0 radical (unpaired) electrons. The van der Waals surface area contributed by atoms with Crippen LogP contribution in [-0.4, -0.2) is 51.6 Å². The highest BCUT2D eigenvalue weighted by Gasteiger charge is 2.47. The predicted molar refractivity (Wildman–Crippen MR) is 134 cm³/mol. The van der Waals surface area contributed by atoms with E-state index in [4.69, 9.17) is 27.9 Å². The summed E-state index contributed by atoms with van der Waals surface area (Å²) in [6.45, 7) is 7.56. The average molecular weight is 488 g/mol. The molecule has 33 heavy (non-hydrogen) atoms. The first-order chi connectivity index (χ1) is 15.8. The van der Waals surface area contributed by atoms with Crippen LogP contribution in [0.1, 0.15) is 32.3 Å². The van der Waals surface area contributed by atoms with Crippen molar-refractivity contribution in [3.8, 4) is 11.4 Å². The molecule has 1 aliphatic heterocycles. The number of likely N-dealkylation sites (tertiary alicyclic amines) is 1. The Morgan fingerprint density at radius 1 is 1.09 bits per heavy atom. The molecule has 0 spiro atoms. The first-order valence-electron chi connectivity index (χ1n) is 11.4. The number of hydrogen-bond donors (Lipinski definition) is 1. The van der Waals surface area contributed by atoms with Gasteiger partial charge < -0.3 is 14.7 Å². The Morgan fingerprint density at radius 2 is 1.85 bits per heavy atom. The zero-order valence-corrected chi connectivity index (χ0v) is 20.7. The number of aliphatic hydroxyl groups is 1. The molecular weight excluding hydrogens is 457 g/mol. The van der Waals surface area contributed by atoms with Gasteiger partial charge in [-0.3, -0.25) is 0 Å². The van der Waals surface area contributed by atoms with E-state index in [2.05, 4.69) is 23.8 Å². The van der Waals surface area contributed by atoms with Crippen LogP contribution in [0.3, 0.4) is 0 Å². The van der Waals surface area contributed by atoms with E-state index in [9.17, 15) is 5.11 Å². The van der Waals surface area contributed by atoms with Crippen molar-refractivity contribution in [3.63, 3.8) is 0 Å². The standard InChI is InChI=1S/C26H31Cl2N3O2/c1-25(2)19-30(15-11-26(25,32)18-20-5-7-21(27)8-6-20)13-4-16-33-24-10-9-22(28)17-23(24)31-14-3-12-29-31/h3,5-10,12,14,17,32H,4,11,13,15-16,18-19H2,1-2H3. The van der Waals surface area contributed by atoms with E-state index in [1.54, 1.807) is 10.9 Å². The molecule has 0 amide bonds. The van der Waals surface area contributed by atoms with Crippen molar-refractivity contribution in [3.05, 3.63) is 76.5 Å². The Bertz CT molecular complexity index is 1050. The lowest BCUT2D eigenvalue weighted by Gasteiger charge is -2.50. The maximum Gasteiger partial charge on any atom is 0.145 e. The number of halogens is 2. The summed E-state index contributed by atoms with van der Waals surface area (Å²) in [5.74, 6) is 0.763. The minimum Gasteiger partial charge on any atom is -0.491 e. The first-order valence-corrected chi connectivity index (χ1v) is 12.1. The summed E-state index contributed by atoms with van der Waals surface area (Å²) in [4.78, 5) is 2.43. The van der Waals surface area contributed by atoms with Crippen LogP contribution in [0, 0.1) is 5.41 Å². The van der Waals surface area contributed by atoms with Gasteiger partial charge in [0.15, 0.2) is 0 Å². The third-order valence-electron chi connectivity index (χ3n) is 6.68. The van der Waals surface area contributed by atoms with Gasteiger partial charge in [-0.1, -0.05) is 49.2 Å². The largest absolute Gasteiger partial charge is 0.491 e. The second kappa shape index (κ2) is 10.1. The van der Waals surface area contributed by atoms with Crippen molar-refractivity contribution in [2.45, 2.75) is 38.7 Å². The van der Waals surface area contributed by atoms with Gasteiger partial charge in [-0.05, 0) is 54.8 Å². The number of aromatic nitrogens is 2. The van der Waals surface area contributed by atoms with Crippen LogP contribution < -0.4 is 4.74 Å². The van der Waals surface area contributed by atoms with E-state index in [1.807, 2.05) is 54.7 Å². The van der Waals surface area contributed by atoms with Crippen LogP contribution in [-0.2, 0) is 6.42 Å². The third-order valence-corrected chi connectivity index (χ3v) is 7.17. The van der Waals surface area contributed by atoms with Gasteiger partial charge in [0.05, 0.1) is 12.2 Å². The molecule has 0 saturated carbocycles. The molecule has 7 heteroatoms. The summed E-state index contributed by atoms with van der Waals surface area (Å²) in [6.07, 6.45) is 5.88. The lowest BCUT2D eigenvalue weighted by Crippen LogP contribution is -2.58. The summed E-state index contributed by atoms with van der Waals surface area (Å²) in [7, 11) is 0.